The number of benzene rings is 2. The molecule has 2 amide bonds. The molecular weight excluding hydrogens is 318 g/mol. The van der Waals surface area contributed by atoms with E-state index in [1.54, 1.807) is 31.3 Å². The van der Waals surface area contributed by atoms with Gasteiger partial charge >= 0.3 is 0 Å². The largest absolute Gasteiger partial charge is 0.489 e. The summed E-state index contributed by atoms with van der Waals surface area (Å²) in [7, 11) is 1.57. The number of hydrogen-bond acceptors (Lipinski definition) is 4. The van der Waals surface area contributed by atoms with Gasteiger partial charge in [-0.2, -0.15) is 0 Å². The molecule has 0 atom stereocenters. The minimum atomic E-state index is -0.188. The van der Waals surface area contributed by atoms with E-state index in [0.717, 1.165) is 5.69 Å². The molecule has 6 nitrogen and oxygen atoms in total. The van der Waals surface area contributed by atoms with Crippen LogP contribution in [0.5, 0.6) is 5.75 Å². The first-order valence-corrected chi connectivity index (χ1v) is 8.11. The number of anilines is 2. The molecule has 0 heterocycles. The first kappa shape index (κ1) is 18.3. The molecule has 0 saturated heterocycles. The third-order valence-corrected chi connectivity index (χ3v) is 3.35. The maximum Gasteiger partial charge on any atom is 0.251 e. The van der Waals surface area contributed by atoms with Crippen molar-refractivity contribution >= 4 is 23.2 Å². The van der Waals surface area contributed by atoms with Crippen molar-refractivity contribution < 1.29 is 14.3 Å². The third-order valence-electron chi connectivity index (χ3n) is 3.35. The summed E-state index contributed by atoms with van der Waals surface area (Å²) < 4.78 is 5.71. The van der Waals surface area contributed by atoms with Gasteiger partial charge in [0.1, 0.15) is 5.75 Å². The Morgan fingerprint density at radius 1 is 1.04 bits per heavy atom. The zero-order chi connectivity index (χ0) is 18.2. The van der Waals surface area contributed by atoms with E-state index in [9.17, 15) is 9.59 Å². The number of rotatable bonds is 7. The second kappa shape index (κ2) is 8.73. The normalized spacial score (nSPS) is 10.2. The molecule has 25 heavy (non-hydrogen) atoms. The highest BCUT2D eigenvalue weighted by atomic mass is 16.5. The van der Waals surface area contributed by atoms with Crippen molar-refractivity contribution in [2.24, 2.45) is 0 Å². The molecule has 0 aromatic heterocycles. The Morgan fingerprint density at radius 3 is 2.36 bits per heavy atom. The van der Waals surface area contributed by atoms with Crippen LogP contribution in [0.3, 0.4) is 0 Å². The van der Waals surface area contributed by atoms with Gasteiger partial charge in [0.15, 0.2) is 0 Å². The smallest absolute Gasteiger partial charge is 0.251 e. The lowest BCUT2D eigenvalue weighted by atomic mass is 10.2. The highest BCUT2D eigenvalue weighted by Gasteiger charge is 2.08. The van der Waals surface area contributed by atoms with Crippen LogP contribution in [0.25, 0.3) is 0 Å². The van der Waals surface area contributed by atoms with Gasteiger partial charge in [-0.15, -0.1) is 0 Å². The van der Waals surface area contributed by atoms with Gasteiger partial charge < -0.3 is 20.7 Å². The minimum absolute atomic E-state index is 0.0515. The van der Waals surface area contributed by atoms with E-state index in [1.807, 2.05) is 38.1 Å². The zero-order valence-corrected chi connectivity index (χ0v) is 14.6. The monoisotopic (exact) mass is 341 g/mol. The zero-order valence-electron chi connectivity index (χ0n) is 14.6. The predicted octanol–water partition coefficient (Wildman–Crippen LogP) is 2.88. The molecule has 0 aliphatic heterocycles. The summed E-state index contributed by atoms with van der Waals surface area (Å²) in [6, 6.07) is 14.2. The molecule has 2 aromatic rings. The summed E-state index contributed by atoms with van der Waals surface area (Å²) in [5.74, 6) is 0.355. The summed E-state index contributed by atoms with van der Waals surface area (Å²) in [4.78, 5) is 23.6. The summed E-state index contributed by atoms with van der Waals surface area (Å²) in [6.07, 6.45) is 0.0515. The number of nitrogens with one attached hydrogen (secondary N) is 3. The quantitative estimate of drug-likeness (QED) is 0.723. The summed E-state index contributed by atoms with van der Waals surface area (Å²) in [5, 5.41) is 8.41. The van der Waals surface area contributed by atoms with Crippen LogP contribution in [-0.2, 0) is 4.79 Å². The molecule has 0 saturated carbocycles. The molecular formula is C19H23N3O3. The highest BCUT2D eigenvalue weighted by molar-refractivity contribution is 5.96. The van der Waals surface area contributed by atoms with E-state index >= 15 is 0 Å². The van der Waals surface area contributed by atoms with Crippen LogP contribution in [0.1, 0.15) is 24.2 Å². The van der Waals surface area contributed by atoms with E-state index in [4.69, 9.17) is 4.74 Å². The van der Waals surface area contributed by atoms with E-state index in [0.29, 0.717) is 17.0 Å². The van der Waals surface area contributed by atoms with E-state index in [-0.39, 0.29) is 24.5 Å². The molecule has 3 N–H and O–H groups in total. The minimum Gasteiger partial charge on any atom is -0.489 e. The van der Waals surface area contributed by atoms with Crippen molar-refractivity contribution in [2.75, 3.05) is 24.2 Å². The first-order valence-electron chi connectivity index (χ1n) is 8.11. The second-order valence-corrected chi connectivity index (χ2v) is 5.72. The summed E-state index contributed by atoms with van der Waals surface area (Å²) >= 11 is 0. The number of para-hydroxylation sites is 2. The van der Waals surface area contributed by atoms with Crippen molar-refractivity contribution in [2.45, 2.75) is 20.0 Å². The molecule has 132 valence electrons. The number of amides is 2. The Labute approximate surface area is 147 Å². The highest BCUT2D eigenvalue weighted by Crippen LogP contribution is 2.24. The fraction of sp³-hybridized carbons (Fsp3) is 0.263. The van der Waals surface area contributed by atoms with E-state index < -0.39 is 0 Å². The average Bonchev–Trinajstić information content (AvgIpc) is 2.60. The Bertz CT molecular complexity index is 727. The maximum atomic E-state index is 12.1. The molecule has 2 aromatic carbocycles. The van der Waals surface area contributed by atoms with Gasteiger partial charge in [0.05, 0.1) is 18.3 Å². The van der Waals surface area contributed by atoms with Crippen LogP contribution < -0.4 is 20.7 Å². The maximum absolute atomic E-state index is 12.1. The van der Waals surface area contributed by atoms with Crippen LogP contribution in [0.4, 0.5) is 11.4 Å². The number of carbonyl (C=O) groups is 2. The molecule has 0 aliphatic rings. The van der Waals surface area contributed by atoms with Crippen LogP contribution in [0, 0.1) is 0 Å². The summed E-state index contributed by atoms with van der Waals surface area (Å²) in [6.45, 7) is 4.01. The Morgan fingerprint density at radius 2 is 1.72 bits per heavy atom. The fourth-order valence-corrected chi connectivity index (χ4v) is 2.20. The van der Waals surface area contributed by atoms with Crippen molar-refractivity contribution in [3.05, 3.63) is 54.1 Å². The van der Waals surface area contributed by atoms with Crippen molar-refractivity contribution in [3.8, 4) is 5.75 Å². The number of ether oxygens (including phenoxy) is 1. The first-order chi connectivity index (χ1) is 12.0. The Hall–Kier alpha value is -3.02. The standard InChI is InChI=1S/C19H23N3O3/c1-13(2)25-17-7-5-4-6-16(17)21-12-18(23)22-15-10-8-14(9-11-15)19(24)20-3/h4-11,13,21H,12H2,1-3H3,(H,20,24)(H,22,23). The van der Waals surface area contributed by atoms with Gasteiger partial charge in [0.2, 0.25) is 5.91 Å². The van der Waals surface area contributed by atoms with Crippen molar-refractivity contribution in [3.63, 3.8) is 0 Å². The van der Waals surface area contributed by atoms with Crippen LogP contribution in [-0.4, -0.2) is 31.5 Å². The third kappa shape index (κ3) is 5.53. The predicted molar refractivity (Wildman–Crippen MR) is 99.2 cm³/mol. The second-order valence-electron chi connectivity index (χ2n) is 5.72. The molecule has 0 spiro atoms. The van der Waals surface area contributed by atoms with Crippen LogP contribution >= 0.6 is 0 Å². The molecule has 0 unspecified atom stereocenters. The van der Waals surface area contributed by atoms with Crippen LogP contribution in [0.2, 0.25) is 0 Å². The molecule has 2 rings (SSSR count). The molecule has 0 bridgehead atoms. The Balaban J connectivity index is 1.92. The van der Waals surface area contributed by atoms with Gasteiger partial charge in [-0.05, 0) is 50.2 Å². The van der Waals surface area contributed by atoms with E-state index in [2.05, 4.69) is 16.0 Å². The number of hydrogen-bond donors (Lipinski definition) is 3. The fourth-order valence-electron chi connectivity index (χ4n) is 2.20. The lowest BCUT2D eigenvalue weighted by molar-refractivity contribution is -0.114. The lowest BCUT2D eigenvalue weighted by Crippen LogP contribution is -2.22. The average molecular weight is 341 g/mol. The van der Waals surface area contributed by atoms with Crippen molar-refractivity contribution in [1.82, 2.24) is 5.32 Å². The lowest BCUT2D eigenvalue weighted by Gasteiger charge is -2.15. The van der Waals surface area contributed by atoms with Gasteiger partial charge in [0.25, 0.3) is 5.91 Å². The SMILES string of the molecule is CNC(=O)c1ccc(NC(=O)CNc2ccccc2OC(C)C)cc1. The molecule has 0 fully saturated rings. The van der Waals surface area contributed by atoms with Gasteiger partial charge in [-0.25, -0.2) is 0 Å². The molecule has 6 heteroatoms. The molecule has 0 aliphatic carbocycles. The summed E-state index contributed by atoms with van der Waals surface area (Å²) in [5.41, 5.74) is 1.94. The van der Waals surface area contributed by atoms with Gasteiger partial charge in [-0.1, -0.05) is 12.1 Å². The molecule has 0 radical (unpaired) electrons. The van der Waals surface area contributed by atoms with Gasteiger partial charge in [0, 0.05) is 18.3 Å². The van der Waals surface area contributed by atoms with Crippen molar-refractivity contribution in [1.29, 1.82) is 0 Å². The Kier molecular flexibility index (Phi) is 6.39. The van der Waals surface area contributed by atoms with Crippen LogP contribution in [0.15, 0.2) is 48.5 Å². The van der Waals surface area contributed by atoms with E-state index in [1.165, 1.54) is 0 Å². The topological polar surface area (TPSA) is 79.5 Å². The van der Waals surface area contributed by atoms with Gasteiger partial charge in [-0.3, -0.25) is 9.59 Å². The number of carbonyl (C=O) groups excluding carboxylic acids is 2.